The standard InChI is InChI=1S/C11H17N3O/c1-13-5-3-4-8-6-10(14(2)12)11(15)7-9(8)13/h6-7,15H,3-5,12H2,1-2H3. The molecule has 4 heteroatoms. The first-order valence-electron chi connectivity index (χ1n) is 5.15. The van der Waals surface area contributed by atoms with Crippen LogP contribution in [-0.4, -0.2) is 25.7 Å². The molecular formula is C11H17N3O. The Kier molecular flexibility index (Phi) is 2.44. The number of phenolic OH excluding ortho intramolecular Hbond substituents is 1. The quantitative estimate of drug-likeness (QED) is 0.534. The molecule has 0 atom stereocenters. The van der Waals surface area contributed by atoms with Crippen molar-refractivity contribution in [3.8, 4) is 5.75 Å². The van der Waals surface area contributed by atoms with Crippen LogP contribution in [0.15, 0.2) is 12.1 Å². The van der Waals surface area contributed by atoms with Gasteiger partial charge in [0.1, 0.15) is 5.75 Å². The molecule has 0 bridgehead atoms. The average molecular weight is 207 g/mol. The fourth-order valence-electron chi connectivity index (χ4n) is 2.07. The van der Waals surface area contributed by atoms with Gasteiger partial charge < -0.3 is 15.0 Å². The third-order valence-corrected chi connectivity index (χ3v) is 2.91. The Bertz CT molecular complexity index is 376. The number of benzene rings is 1. The zero-order chi connectivity index (χ0) is 11.0. The van der Waals surface area contributed by atoms with Crippen LogP contribution in [0.3, 0.4) is 0 Å². The number of anilines is 2. The highest BCUT2D eigenvalue weighted by atomic mass is 16.3. The lowest BCUT2D eigenvalue weighted by molar-refractivity contribution is 0.474. The molecule has 82 valence electrons. The lowest BCUT2D eigenvalue weighted by atomic mass is 10.0. The summed E-state index contributed by atoms with van der Waals surface area (Å²) < 4.78 is 0. The summed E-state index contributed by atoms with van der Waals surface area (Å²) in [6.45, 7) is 1.05. The lowest BCUT2D eigenvalue weighted by Gasteiger charge is -2.29. The predicted octanol–water partition coefficient (Wildman–Crippen LogP) is 1.08. The van der Waals surface area contributed by atoms with Gasteiger partial charge in [0.05, 0.1) is 5.69 Å². The van der Waals surface area contributed by atoms with E-state index in [1.54, 1.807) is 13.1 Å². The van der Waals surface area contributed by atoms with Gasteiger partial charge in [0.15, 0.2) is 0 Å². The summed E-state index contributed by atoms with van der Waals surface area (Å²) in [5, 5.41) is 11.3. The molecule has 0 radical (unpaired) electrons. The zero-order valence-corrected chi connectivity index (χ0v) is 9.20. The Hall–Kier alpha value is -1.42. The van der Waals surface area contributed by atoms with Crippen molar-refractivity contribution in [2.24, 2.45) is 5.84 Å². The molecule has 1 aliphatic rings. The first-order valence-corrected chi connectivity index (χ1v) is 5.15. The molecule has 0 aromatic heterocycles. The number of hydrazine groups is 1. The molecule has 0 unspecified atom stereocenters. The summed E-state index contributed by atoms with van der Waals surface area (Å²) in [6.07, 6.45) is 2.21. The van der Waals surface area contributed by atoms with E-state index >= 15 is 0 Å². The molecule has 0 saturated carbocycles. The van der Waals surface area contributed by atoms with Gasteiger partial charge in [-0.15, -0.1) is 0 Å². The summed E-state index contributed by atoms with van der Waals surface area (Å²) in [5.74, 6) is 5.89. The SMILES string of the molecule is CN(N)c1cc2c(cc1O)N(C)CCC2. The zero-order valence-electron chi connectivity index (χ0n) is 9.20. The van der Waals surface area contributed by atoms with E-state index in [4.69, 9.17) is 5.84 Å². The molecule has 1 aromatic carbocycles. The fourth-order valence-corrected chi connectivity index (χ4v) is 2.07. The number of hydrogen-bond acceptors (Lipinski definition) is 4. The maximum atomic E-state index is 9.81. The summed E-state index contributed by atoms with van der Waals surface area (Å²) in [4.78, 5) is 2.17. The highest BCUT2D eigenvalue weighted by Gasteiger charge is 2.17. The molecule has 0 saturated heterocycles. The Morgan fingerprint density at radius 3 is 2.87 bits per heavy atom. The van der Waals surface area contributed by atoms with Gasteiger partial charge in [-0.1, -0.05) is 0 Å². The molecule has 0 aliphatic carbocycles. The molecule has 4 nitrogen and oxygen atoms in total. The number of aromatic hydroxyl groups is 1. The third-order valence-electron chi connectivity index (χ3n) is 2.91. The lowest BCUT2D eigenvalue weighted by Crippen LogP contribution is -2.27. The van der Waals surface area contributed by atoms with E-state index in [0.717, 1.165) is 25.1 Å². The molecule has 3 N–H and O–H groups in total. The molecule has 0 fully saturated rings. The number of nitrogens with zero attached hydrogens (tertiary/aromatic N) is 2. The van der Waals surface area contributed by atoms with Crippen molar-refractivity contribution in [1.29, 1.82) is 0 Å². The van der Waals surface area contributed by atoms with Crippen molar-refractivity contribution in [3.05, 3.63) is 17.7 Å². The monoisotopic (exact) mass is 207 g/mol. The number of fused-ring (bicyclic) bond motifs is 1. The highest BCUT2D eigenvalue weighted by Crippen LogP contribution is 2.35. The maximum absolute atomic E-state index is 9.81. The second kappa shape index (κ2) is 3.62. The van der Waals surface area contributed by atoms with Gasteiger partial charge in [-0.3, -0.25) is 0 Å². The van der Waals surface area contributed by atoms with Crippen molar-refractivity contribution < 1.29 is 5.11 Å². The van der Waals surface area contributed by atoms with Gasteiger partial charge in [-0.05, 0) is 24.5 Å². The van der Waals surface area contributed by atoms with Crippen LogP contribution in [0.5, 0.6) is 5.75 Å². The summed E-state index contributed by atoms with van der Waals surface area (Å²) in [5.41, 5.74) is 3.06. The van der Waals surface area contributed by atoms with Gasteiger partial charge in [0.2, 0.25) is 0 Å². The number of rotatable bonds is 1. The van der Waals surface area contributed by atoms with Crippen LogP contribution in [-0.2, 0) is 6.42 Å². The van der Waals surface area contributed by atoms with Crippen molar-refractivity contribution in [1.82, 2.24) is 0 Å². The van der Waals surface area contributed by atoms with Crippen LogP contribution in [0.4, 0.5) is 11.4 Å². The van der Waals surface area contributed by atoms with Crippen LogP contribution in [0.2, 0.25) is 0 Å². The molecule has 1 heterocycles. The Labute approximate surface area is 89.9 Å². The molecule has 15 heavy (non-hydrogen) atoms. The minimum atomic E-state index is 0.243. The van der Waals surface area contributed by atoms with E-state index in [1.807, 2.05) is 13.1 Å². The minimum Gasteiger partial charge on any atom is -0.506 e. The van der Waals surface area contributed by atoms with Crippen molar-refractivity contribution in [3.63, 3.8) is 0 Å². The van der Waals surface area contributed by atoms with Gasteiger partial charge >= 0.3 is 0 Å². The topological polar surface area (TPSA) is 52.7 Å². The molecule has 2 rings (SSSR count). The smallest absolute Gasteiger partial charge is 0.142 e. The summed E-state index contributed by atoms with van der Waals surface area (Å²) in [7, 11) is 3.78. The number of aryl methyl sites for hydroxylation is 1. The Morgan fingerprint density at radius 1 is 1.47 bits per heavy atom. The van der Waals surface area contributed by atoms with Crippen LogP contribution < -0.4 is 15.8 Å². The highest BCUT2D eigenvalue weighted by molar-refractivity contribution is 5.69. The van der Waals surface area contributed by atoms with E-state index in [9.17, 15) is 5.11 Å². The molecule has 1 aromatic rings. The minimum absolute atomic E-state index is 0.243. The first kappa shape index (κ1) is 10.1. The van der Waals surface area contributed by atoms with Crippen LogP contribution >= 0.6 is 0 Å². The average Bonchev–Trinajstić information content (AvgIpc) is 2.18. The van der Waals surface area contributed by atoms with E-state index in [0.29, 0.717) is 5.69 Å². The summed E-state index contributed by atoms with van der Waals surface area (Å²) >= 11 is 0. The van der Waals surface area contributed by atoms with Crippen molar-refractivity contribution in [2.75, 3.05) is 30.5 Å². The largest absolute Gasteiger partial charge is 0.506 e. The Morgan fingerprint density at radius 2 is 2.20 bits per heavy atom. The van der Waals surface area contributed by atoms with E-state index in [-0.39, 0.29) is 5.75 Å². The fraction of sp³-hybridized carbons (Fsp3) is 0.455. The van der Waals surface area contributed by atoms with Gasteiger partial charge in [-0.25, -0.2) is 5.84 Å². The second-order valence-corrected chi connectivity index (χ2v) is 4.11. The molecule has 1 aliphatic heterocycles. The van der Waals surface area contributed by atoms with E-state index < -0.39 is 0 Å². The van der Waals surface area contributed by atoms with Crippen molar-refractivity contribution >= 4 is 11.4 Å². The number of phenols is 1. The van der Waals surface area contributed by atoms with Crippen LogP contribution in [0, 0.1) is 0 Å². The van der Waals surface area contributed by atoms with Crippen molar-refractivity contribution in [2.45, 2.75) is 12.8 Å². The molecule has 0 amide bonds. The third kappa shape index (κ3) is 1.72. The van der Waals surface area contributed by atoms with Crippen LogP contribution in [0.1, 0.15) is 12.0 Å². The summed E-state index contributed by atoms with van der Waals surface area (Å²) in [6, 6.07) is 3.77. The molecular weight excluding hydrogens is 190 g/mol. The van der Waals surface area contributed by atoms with E-state index in [2.05, 4.69) is 4.90 Å². The Balaban J connectivity index is 2.49. The van der Waals surface area contributed by atoms with Gasteiger partial charge in [-0.2, -0.15) is 0 Å². The van der Waals surface area contributed by atoms with Gasteiger partial charge in [0, 0.05) is 32.4 Å². The second-order valence-electron chi connectivity index (χ2n) is 4.11. The van der Waals surface area contributed by atoms with E-state index in [1.165, 1.54) is 10.6 Å². The normalized spacial score (nSPS) is 15.0. The first-order chi connectivity index (χ1) is 7.09. The number of nitrogens with two attached hydrogens (primary N) is 1. The van der Waals surface area contributed by atoms with Crippen LogP contribution in [0.25, 0.3) is 0 Å². The predicted molar refractivity (Wildman–Crippen MR) is 62.3 cm³/mol. The molecule has 0 spiro atoms. The van der Waals surface area contributed by atoms with Gasteiger partial charge in [0.25, 0.3) is 0 Å². The maximum Gasteiger partial charge on any atom is 0.142 e. The number of hydrogen-bond donors (Lipinski definition) is 2.